The molecule has 0 radical (unpaired) electrons. The number of hydrogen-bond donors (Lipinski definition) is 0. The largest absolute Gasteiger partial charge is 0.200 e. The zero-order valence-corrected chi connectivity index (χ0v) is 8.25. The van der Waals surface area contributed by atoms with Gasteiger partial charge in [-0.1, -0.05) is 24.6 Å². The smallest absolute Gasteiger partial charge is 0.0565 e. The predicted molar refractivity (Wildman–Crippen MR) is 54.0 cm³/mol. The molecule has 1 nitrogen and oxygen atoms in total. The van der Waals surface area contributed by atoms with Crippen LogP contribution in [0, 0.1) is 0 Å². The van der Waals surface area contributed by atoms with Crippen molar-refractivity contribution >= 4 is 33.2 Å². The average Bonchev–Trinajstić information content (AvgIpc) is 2.53. The van der Waals surface area contributed by atoms with Crippen LogP contribution in [-0.4, -0.2) is 4.37 Å². The minimum atomic E-state index is 0.865. The fraction of sp³-hybridized carbons (Fsp3) is 0.222. The third-order valence-electron chi connectivity index (χ3n) is 1.93. The van der Waals surface area contributed by atoms with Crippen LogP contribution in [0.25, 0.3) is 10.1 Å². The van der Waals surface area contributed by atoms with Crippen molar-refractivity contribution in [2.45, 2.75) is 13.3 Å². The Morgan fingerprint density at radius 1 is 1.50 bits per heavy atom. The summed E-state index contributed by atoms with van der Waals surface area (Å²) in [4.78, 5) is 0. The summed E-state index contributed by atoms with van der Waals surface area (Å²) in [5.41, 5.74) is 1.20. The molecule has 2 rings (SSSR count). The van der Waals surface area contributed by atoms with Crippen LogP contribution in [0.3, 0.4) is 0 Å². The first-order valence-electron chi connectivity index (χ1n) is 3.84. The van der Waals surface area contributed by atoms with Crippen molar-refractivity contribution < 1.29 is 0 Å². The van der Waals surface area contributed by atoms with Gasteiger partial charge in [-0.2, -0.15) is 4.37 Å². The first-order valence-corrected chi connectivity index (χ1v) is 5.00. The third-order valence-corrected chi connectivity index (χ3v) is 3.14. The monoisotopic (exact) mass is 197 g/mol. The van der Waals surface area contributed by atoms with E-state index in [1.807, 2.05) is 6.20 Å². The molecular weight excluding hydrogens is 190 g/mol. The number of nitrogens with zero attached hydrogens (tertiary/aromatic N) is 1. The van der Waals surface area contributed by atoms with E-state index < -0.39 is 0 Å². The van der Waals surface area contributed by atoms with Gasteiger partial charge in [-0.05, 0) is 29.6 Å². The van der Waals surface area contributed by atoms with Crippen LogP contribution in [0.15, 0.2) is 18.3 Å². The molecule has 0 saturated carbocycles. The molecule has 0 aliphatic rings. The second-order valence-electron chi connectivity index (χ2n) is 2.63. The SMILES string of the molecule is CCc1ccc2sncc2c1Cl. The van der Waals surface area contributed by atoms with Gasteiger partial charge in [-0.15, -0.1) is 0 Å². The summed E-state index contributed by atoms with van der Waals surface area (Å²) in [6, 6.07) is 4.15. The molecule has 2 aromatic rings. The van der Waals surface area contributed by atoms with E-state index in [0.29, 0.717) is 0 Å². The molecule has 62 valence electrons. The molecule has 1 aromatic heterocycles. The molecule has 12 heavy (non-hydrogen) atoms. The van der Waals surface area contributed by atoms with E-state index in [1.54, 1.807) is 0 Å². The maximum Gasteiger partial charge on any atom is 0.0565 e. The molecule has 0 N–H and O–H groups in total. The summed E-state index contributed by atoms with van der Waals surface area (Å²) in [5, 5.41) is 1.95. The second kappa shape index (κ2) is 3.04. The molecule has 0 atom stereocenters. The highest BCUT2D eigenvalue weighted by Crippen LogP contribution is 2.29. The predicted octanol–water partition coefficient (Wildman–Crippen LogP) is 3.51. The lowest BCUT2D eigenvalue weighted by Gasteiger charge is -1.99. The Labute approximate surface area is 80.1 Å². The first kappa shape index (κ1) is 8.02. The Hall–Kier alpha value is -0.600. The molecule has 0 aliphatic heterocycles. The molecule has 0 aliphatic carbocycles. The van der Waals surface area contributed by atoms with E-state index in [9.17, 15) is 0 Å². The van der Waals surface area contributed by atoms with Crippen molar-refractivity contribution in [3.63, 3.8) is 0 Å². The number of fused-ring (bicyclic) bond motifs is 1. The number of aryl methyl sites for hydroxylation is 1. The lowest BCUT2D eigenvalue weighted by atomic mass is 10.1. The summed E-state index contributed by atoms with van der Waals surface area (Å²) < 4.78 is 5.26. The van der Waals surface area contributed by atoms with Gasteiger partial charge in [-0.25, -0.2) is 0 Å². The highest BCUT2D eigenvalue weighted by molar-refractivity contribution is 7.13. The van der Waals surface area contributed by atoms with Gasteiger partial charge in [0.15, 0.2) is 0 Å². The van der Waals surface area contributed by atoms with Crippen LogP contribution >= 0.6 is 23.1 Å². The molecular formula is C9H8ClNS. The first-order chi connectivity index (χ1) is 5.83. The summed E-state index contributed by atoms with van der Waals surface area (Å²) in [6.07, 6.45) is 2.81. The van der Waals surface area contributed by atoms with E-state index in [2.05, 4.69) is 23.4 Å². The van der Waals surface area contributed by atoms with Gasteiger partial charge < -0.3 is 0 Å². The fourth-order valence-electron chi connectivity index (χ4n) is 1.23. The van der Waals surface area contributed by atoms with Crippen molar-refractivity contribution in [3.8, 4) is 0 Å². The van der Waals surface area contributed by atoms with Crippen LogP contribution in [0.4, 0.5) is 0 Å². The van der Waals surface area contributed by atoms with Crippen molar-refractivity contribution in [2.75, 3.05) is 0 Å². The lowest BCUT2D eigenvalue weighted by Crippen LogP contribution is -1.80. The van der Waals surface area contributed by atoms with Crippen LogP contribution in [0.2, 0.25) is 5.02 Å². The molecule has 0 bridgehead atoms. The van der Waals surface area contributed by atoms with Gasteiger partial charge in [0.25, 0.3) is 0 Å². The minimum absolute atomic E-state index is 0.865. The van der Waals surface area contributed by atoms with Crippen molar-refractivity contribution in [2.24, 2.45) is 0 Å². The van der Waals surface area contributed by atoms with Gasteiger partial charge in [0.05, 0.1) is 15.9 Å². The third kappa shape index (κ3) is 1.11. The maximum atomic E-state index is 6.15. The minimum Gasteiger partial charge on any atom is -0.200 e. The van der Waals surface area contributed by atoms with Gasteiger partial charge in [0.2, 0.25) is 0 Å². The van der Waals surface area contributed by atoms with Gasteiger partial charge in [-0.3, -0.25) is 0 Å². The number of hydrogen-bond acceptors (Lipinski definition) is 2. The van der Waals surface area contributed by atoms with E-state index in [-0.39, 0.29) is 0 Å². The Balaban J connectivity index is 2.78. The average molecular weight is 198 g/mol. The maximum absolute atomic E-state index is 6.15. The van der Waals surface area contributed by atoms with Crippen molar-refractivity contribution in [3.05, 3.63) is 28.9 Å². The summed E-state index contributed by atoms with van der Waals surface area (Å²) in [6.45, 7) is 2.10. The van der Waals surface area contributed by atoms with Crippen LogP contribution in [0.5, 0.6) is 0 Å². The summed E-state index contributed by atoms with van der Waals surface area (Å²) >= 11 is 7.64. The molecule has 0 fully saturated rings. The Morgan fingerprint density at radius 3 is 3.08 bits per heavy atom. The zero-order valence-electron chi connectivity index (χ0n) is 6.67. The highest BCUT2D eigenvalue weighted by Gasteiger charge is 2.04. The Kier molecular flexibility index (Phi) is 2.03. The number of aromatic nitrogens is 1. The number of halogens is 1. The van der Waals surface area contributed by atoms with Crippen molar-refractivity contribution in [1.82, 2.24) is 4.37 Å². The molecule has 0 amide bonds. The molecule has 0 saturated heterocycles. The fourth-order valence-corrected chi connectivity index (χ4v) is 2.29. The van der Waals surface area contributed by atoms with E-state index in [4.69, 9.17) is 11.6 Å². The zero-order chi connectivity index (χ0) is 8.55. The molecule has 3 heteroatoms. The number of benzene rings is 1. The quantitative estimate of drug-likeness (QED) is 0.682. The highest BCUT2D eigenvalue weighted by atomic mass is 35.5. The Bertz CT molecular complexity index is 408. The lowest BCUT2D eigenvalue weighted by molar-refractivity contribution is 1.15. The molecule has 0 spiro atoms. The van der Waals surface area contributed by atoms with Crippen LogP contribution in [-0.2, 0) is 6.42 Å². The standard InChI is InChI=1S/C9H8ClNS/c1-2-6-3-4-8-7(9(6)10)5-11-12-8/h3-5H,2H2,1H3. The van der Waals surface area contributed by atoms with Gasteiger partial charge in [0, 0.05) is 5.39 Å². The van der Waals surface area contributed by atoms with E-state index in [0.717, 1.165) is 21.5 Å². The second-order valence-corrected chi connectivity index (χ2v) is 3.84. The van der Waals surface area contributed by atoms with Gasteiger partial charge >= 0.3 is 0 Å². The molecule has 1 heterocycles. The number of rotatable bonds is 1. The van der Waals surface area contributed by atoms with E-state index in [1.165, 1.54) is 17.1 Å². The van der Waals surface area contributed by atoms with Crippen molar-refractivity contribution in [1.29, 1.82) is 0 Å². The molecule has 0 unspecified atom stereocenters. The summed E-state index contributed by atoms with van der Waals surface area (Å²) in [5.74, 6) is 0. The summed E-state index contributed by atoms with van der Waals surface area (Å²) in [7, 11) is 0. The van der Waals surface area contributed by atoms with Crippen LogP contribution < -0.4 is 0 Å². The normalized spacial score (nSPS) is 10.8. The van der Waals surface area contributed by atoms with Crippen LogP contribution in [0.1, 0.15) is 12.5 Å². The van der Waals surface area contributed by atoms with Gasteiger partial charge in [0.1, 0.15) is 0 Å². The van der Waals surface area contributed by atoms with E-state index >= 15 is 0 Å². The topological polar surface area (TPSA) is 12.9 Å². The molecule has 1 aromatic carbocycles. The Morgan fingerprint density at radius 2 is 2.33 bits per heavy atom.